The number of aryl methyl sites for hydroxylation is 1. The number of anilines is 3. The smallest absolute Gasteiger partial charge is 0.151 e. The molecule has 2 aromatic heterocycles. The molecule has 2 aliphatic rings. The highest BCUT2D eigenvalue weighted by atomic mass is 16.5. The van der Waals surface area contributed by atoms with Gasteiger partial charge < -0.3 is 19.4 Å². The van der Waals surface area contributed by atoms with Crippen LogP contribution >= 0.6 is 0 Å². The third kappa shape index (κ3) is 3.70. The van der Waals surface area contributed by atoms with Gasteiger partial charge in [-0.3, -0.25) is 0 Å². The molecule has 0 atom stereocenters. The molecule has 0 unspecified atom stereocenters. The van der Waals surface area contributed by atoms with E-state index in [1.54, 1.807) is 6.33 Å². The average molecular weight is 355 g/mol. The number of ether oxygens (including phenoxy) is 1. The summed E-state index contributed by atoms with van der Waals surface area (Å²) in [5.74, 6) is 2.90. The van der Waals surface area contributed by atoms with Crippen molar-refractivity contribution in [1.29, 1.82) is 0 Å². The van der Waals surface area contributed by atoms with Crippen LogP contribution in [0.1, 0.15) is 12.6 Å². The predicted octanol–water partition coefficient (Wildman–Crippen LogP) is 0.992. The van der Waals surface area contributed by atoms with Gasteiger partial charge in [-0.2, -0.15) is 0 Å². The van der Waals surface area contributed by atoms with Crippen LogP contribution in [0.25, 0.3) is 0 Å². The first-order valence-corrected chi connectivity index (χ1v) is 9.31. The lowest BCUT2D eigenvalue weighted by molar-refractivity contribution is 0.122. The number of hydrogen-bond donors (Lipinski definition) is 0. The van der Waals surface area contributed by atoms with Crippen molar-refractivity contribution in [2.45, 2.75) is 13.3 Å². The number of piperazine rings is 1. The topological polar surface area (TPSA) is 70.5 Å². The molecule has 2 aromatic rings. The fourth-order valence-corrected chi connectivity index (χ4v) is 3.36. The standard InChI is InChI=1S/C18H25N7O/c1-2-15-13-18(20-14-19-15)24-7-5-23(6-8-24)16-3-4-17(22-21-16)25-9-11-26-12-10-25/h3-4,13-14H,2,5-12H2,1H3. The third-order valence-electron chi connectivity index (χ3n) is 4.97. The van der Waals surface area contributed by atoms with Crippen molar-refractivity contribution in [3.63, 3.8) is 0 Å². The van der Waals surface area contributed by atoms with Gasteiger partial charge in [-0.05, 0) is 18.6 Å². The van der Waals surface area contributed by atoms with Crippen LogP contribution in [-0.4, -0.2) is 72.6 Å². The lowest BCUT2D eigenvalue weighted by Gasteiger charge is -2.36. The van der Waals surface area contributed by atoms with Crippen LogP contribution < -0.4 is 14.7 Å². The van der Waals surface area contributed by atoms with Crippen molar-refractivity contribution in [2.24, 2.45) is 0 Å². The van der Waals surface area contributed by atoms with E-state index in [4.69, 9.17) is 4.74 Å². The molecule has 0 aromatic carbocycles. The minimum atomic E-state index is 0.758. The molecule has 8 heteroatoms. The van der Waals surface area contributed by atoms with Crippen molar-refractivity contribution >= 4 is 17.5 Å². The minimum absolute atomic E-state index is 0.758. The number of hydrogen-bond acceptors (Lipinski definition) is 8. The normalized spacial score (nSPS) is 18.3. The lowest BCUT2D eigenvalue weighted by atomic mass is 10.2. The van der Waals surface area contributed by atoms with Crippen LogP contribution in [0, 0.1) is 0 Å². The summed E-state index contributed by atoms with van der Waals surface area (Å²) >= 11 is 0. The van der Waals surface area contributed by atoms with Crippen molar-refractivity contribution < 1.29 is 4.74 Å². The molecule has 138 valence electrons. The number of morpholine rings is 1. The van der Waals surface area contributed by atoms with Gasteiger partial charge in [-0.1, -0.05) is 6.92 Å². The molecular formula is C18H25N7O. The molecule has 0 N–H and O–H groups in total. The Morgan fingerprint density at radius 1 is 0.808 bits per heavy atom. The van der Waals surface area contributed by atoms with Crippen molar-refractivity contribution in [2.75, 3.05) is 67.2 Å². The maximum Gasteiger partial charge on any atom is 0.151 e. The summed E-state index contributed by atoms with van der Waals surface area (Å²) in [6, 6.07) is 6.23. The highest BCUT2D eigenvalue weighted by Gasteiger charge is 2.20. The van der Waals surface area contributed by atoms with E-state index in [1.807, 2.05) is 0 Å². The molecule has 2 fully saturated rings. The van der Waals surface area contributed by atoms with Gasteiger partial charge in [0, 0.05) is 51.0 Å². The maximum atomic E-state index is 5.39. The number of nitrogens with zero attached hydrogens (tertiary/aromatic N) is 7. The van der Waals surface area contributed by atoms with E-state index in [9.17, 15) is 0 Å². The molecule has 4 heterocycles. The van der Waals surface area contributed by atoms with Gasteiger partial charge >= 0.3 is 0 Å². The molecule has 0 bridgehead atoms. The zero-order valence-corrected chi connectivity index (χ0v) is 15.2. The van der Waals surface area contributed by atoms with Crippen LogP contribution in [0.15, 0.2) is 24.5 Å². The van der Waals surface area contributed by atoms with Crippen molar-refractivity contribution in [3.05, 3.63) is 30.2 Å². The fourth-order valence-electron chi connectivity index (χ4n) is 3.36. The Bertz CT molecular complexity index is 710. The summed E-state index contributed by atoms with van der Waals surface area (Å²) in [4.78, 5) is 15.5. The Balaban J connectivity index is 1.36. The molecule has 4 rings (SSSR count). The second-order valence-corrected chi connectivity index (χ2v) is 6.54. The summed E-state index contributed by atoms with van der Waals surface area (Å²) in [5.41, 5.74) is 1.09. The van der Waals surface area contributed by atoms with Gasteiger partial charge in [-0.25, -0.2) is 9.97 Å². The predicted molar refractivity (Wildman–Crippen MR) is 101 cm³/mol. The molecule has 0 radical (unpaired) electrons. The quantitative estimate of drug-likeness (QED) is 0.804. The van der Waals surface area contributed by atoms with Crippen molar-refractivity contribution in [1.82, 2.24) is 20.2 Å². The van der Waals surface area contributed by atoms with Gasteiger partial charge in [0.2, 0.25) is 0 Å². The van der Waals surface area contributed by atoms with E-state index >= 15 is 0 Å². The van der Waals surface area contributed by atoms with E-state index in [-0.39, 0.29) is 0 Å². The van der Waals surface area contributed by atoms with Crippen LogP contribution in [-0.2, 0) is 11.2 Å². The van der Waals surface area contributed by atoms with Crippen LogP contribution in [0.5, 0.6) is 0 Å². The van der Waals surface area contributed by atoms with E-state index in [2.05, 4.69) is 60.0 Å². The van der Waals surface area contributed by atoms with Crippen LogP contribution in [0.4, 0.5) is 17.5 Å². The first-order chi connectivity index (χ1) is 12.8. The van der Waals surface area contributed by atoms with Crippen LogP contribution in [0.3, 0.4) is 0 Å². The van der Waals surface area contributed by atoms with Gasteiger partial charge in [0.25, 0.3) is 0 Å². The van der Waals surface area contributed by atoms with E-state index < -0.39 is 0 Å². The van der Waals surface area contributed by atoms with Gasteiger partial charge in [0.15, 0.2) is 11.6 Å². The molecule has 8 nitrogen and oxygen atoms in total. The molecule has 2 aliphatic heterocycles. The van der Waals surface area contributed by atoms with E-state index in [0.29, 0.717) is 0 Å². The average Bonchev–Trinajstić information content (AvgIpc) is 2.75. The van der Waals surface area contributed by atoms with Gasteiger partial charge in [-0.15, -0.1) is 10.2 Å². The lowest BCUT2D eigenvalue weighted by Crippen LogP contribution is -2.47. The first kappa shape index (κ1) is 17.0. The Hall–Kier alpha value is -2.48. The second kappa shape index (κ2) is 7.82. The maximum absolute atomic E-state index is 5.39. The molecule has 0 aliphatic carbocycles. The summed E-state index contributed by atoms with van der Waals surface area (Å²) < 4.78 is 5.39. The minimum Gasteiger partial charge on any atom is -0.378 e. The molecule has 0 spiro atoms. The SMILES string of the molecule is CCc1cc(N2CCN(c3ccc(N4CCOCC4)nn3)CC2)ncn1. The molecule has 0 saturated carbocycles. The Morgan fingerprint density at radius 3 is 1.96 bits per heavy atom. The monoisotopic (exact) mass is 355 g/mol. The highest BCUT2D eigenvalue weighted by Crippen LogP contribution is 2.19. The highest BCUT2D eigenvalue weighted by molar-refractivity contribution is 5.48. The van der Waals surface area contributed by atoms with Crippen LogP contribution in [0.2, 0.25) is 0 Å². The zero-order valence-electron chi connectivity index (χ0n) is 15.2. The largest absolute Gasteiger partial charge is 0.378 e. The fraction of sp³-hybridized carbons (Fsp3) is 0.556. The molecule has 2 saturated heterocycles. The summed E-state index contributed by atoms with van der Waals surface area (Å²) in [7, 11) is 0. The molecule has 26 heavy (non-hydrogen) atoms. The second-order valence-electron chi connectivity index (χ2n) is 6.54. The van der Waals surface area contributed by atoms with Crippen molar-refractivity contribution in [3.8, 4) is 0 Å². The summed E-state index contributed by atoms with van der Waals surface area (Å²) in [5, 5.41) is 8.87. The Morgan fingerprint density at radius 2 is 1.38 bits per heavy atom. The number of aromatic nitrogens is 4. The van der Waals surface area contributed by atoms with Gasteiger partial charge in [0.05, 0.1) is 13.2 Å². The van der Waals surface area contributed by atoms with E-state index in [0.717, 1.165) is 82.1 Å². The van der Waals surface area contributed by atoms with E-state index in [1.165, 1.54) is 0 Å². The third-order valence-corrected chi connectivity index (χ3v) is 4.97. The first-order valence-electron chi connectivity index (χ1n) is 9.31. The zero-order chi connectivity index (χ0) is 17.8. The Labute approximate surface area is 153 Å². The summed E-state index contributed by atoms with van der Waals surface area (Å²) in [6.07, 6.45) is 2.59. The molecular weight excluding hydrogens is 330 g/mol. The number of rotatable bonds is 4. The van der Waals surface area contributed by atoms with Gasteiger partial charge in [0.1, 0.15) is 12.1 Å². The summed E-state index contributed by atoms with van der Waals surface area (Å²) in [6.45, 7) is 9.07. The Kier molecular flexibility index (Phi) is 5.10. The molecule has 0 amide bonds.